The first-order chi connectivity index (χ1) is 15.1. The maximum absolute atomic E-state index is 6.23. The summed E-state index contributed by atoms with van der Waals surface area (Å²) in [6, 6.07) is 13.0. The van der Waals surface area contributed by atoms with Gasteiger partial charge in [0.2, 0.25) is 0 Å². The van der Waals surface area contributed by atoms with E-state index >= 15 is 0 Å². The fourth-order valence-corrected chi connectivity index (χ4v) is 5.64. The number of aryl methyl sites for hydroxylation is 2. The molecule has 0 fully saturated rings. The summed E-state index contributed by atoms with van der Waals surface area (Å²) < 4.78 is 2.23. The number of nitrogens with zero attached hydrogens (tertiary/aromatic N) is 3. The van der Waals surface area contributed by atoms with Gasteiger partial charge in [-0.05, 0) is 49.9 Å². The Morgan fingerprint density at radius 1 is 1.03 bits per heavy atom. The Balaban J connectivity index is 1.50. The first kappa shape index (κ1) is 20.8. The van der Waals surface area contributed by atoms with Gasteiger partial charge in [-0.3, -0.25) is 4.40 Å². The quantitative estimate of drug-likeness (QED) is 0.215. The molecule has 0 amide bonds. The smallest absolute Gasteiger partial charge is 0.195 e. The lowest BCUT2D eigenvalue weighted by Gasteiger charge is -2.11. The van der Waals surface area contributed by atoms with Crippen molar-refractivity contribution in [3.8, 4) is 11.3 Å². The zero-order valence-corrected chi connectivity index (χ0v) is 19.5. The minimum Gasteiger partial charge on any atom is -0.391 e. The Morgan fingerprint density at radius 3 is 2.61 bits per heavy atom. The molecular weight excluding hydrogens is 473 g/mol. The number of imidazole rings is 1. The standard InChI is InChI=1S/C23H18Cl3N3OS/c24-16-8-5-14(6-9-16)22-20(12-27-30-13-15-7-10-17(25)11-18(15)26)29-19-3-1-2-4-21(19)31-23(29)28-22/h5-12H,1-4,13H2/b27-12-. The van der Waals surface area contributed by atoms with Crippen molar-refractivity contribution in [3.63, 3.8) is 0 Å². The summed E-state index contributed by atoms with van der Waals surface area (Å²) in [4.78, 5) is 12.9. The normalized spacial score (nSPS) is 13.8. The molecule has 4 aromatic rings. The number of rotatable bonds is 5. The molecule has 0 aliphatic heterocycles. The van der Waals surface area contributed by atoms with Gasteiger partial charge in [0, 0.05) is 36.8 Å². The lowest BCUT2D eigenvalue weighted by Crippen LogP contribution is -2.05. The second-order valence-corrected chi connectivity index (χ2v) is 9.74. The van der Waals surface area contributed by atoms with Gasteiger partial charge in [-0.1, -0.05) is 58.2 Å². The van der Waals surface area contributed by atoms with Gasteiger partial charge in [0.15, 0.2) is 4.96 Å². The second kappa shape index (κ2) is 8.83. The van der Waals surface area contributed by atoms with Crippen molar-refractivity contribution >= 4 is 57.3 Å². The van der Waals surface area contributed by atoms with Crippen molar-refractivity contribution in [2.75, 3.05) is 0 Å². The van der Waals surface area contributed by atoms with Crippen LogP contribution in [0.15, 0.2) is 47.6 Å². The zero-order valence-electron chi connectivity index (χ0n) is 16.4. The van der Waals surface area contributed by atoms with Crippen LogP contribution in [0.4, 0.5) is 0 Å². The molecule has 0 N–H and O–H groups in total. The summed E-state index contributed by atoms with van der Waals surface area (Å²) in [6.45, 7) is 0.256. The van der Waals surface area contributed by atoms with Crippen LogP contribution in [0.2, 0.25) is 15.1 Å². The van der Waals surface area contributed by atoms with Crippen LogP contribution in [0.3, 0.4) is 0 Å². The first-order valence-electron chi connectivity index (χ1n) is 9.98. The van der Waals surface area contributed by atoms with E-state index < -0.39 is 0 Å². The summed E-state index contributed by atoms with van der Waals surface area (Å²) in [7, 11) is 0. The van der Waals surface area contributed by atoms with E-state index in [1.54, 1.807) is 29.7 Å². The summed E-state index contributed by atoms with van der Waals surface area (Å²) in [5, 5.41) is 6.10. The number of oxime groups is 1. The first-order valence-corrected chi connectivity index (χ1v) is 11.9. The Morgan fingerprint density at radius 2 is 1.81 bits per heavy atom. The Bertz CT molecular complexity index is 1280. The highest BCUT2D eigenvalue weighted by Crippen LogP contribution is 2.34. The number of thiazole rings is 1. The minimum absolute atomic E-state index is 0.256. The van der Waals surface area contributed by atoms with E-state index in [2.05, 4.69) is 9.56 Å². The number of halogens is 3. The van der Waals surface area contributed by atoms with E-state index in [1.807, 2.05) is 30.3 Å². The van der Waals surface area contributed by atoms with Gasteiger partial charge in [0.05, 0.1) is 17.6 Å². The Kier molecular flexibility index (Phi) is 5.93. The van der Waals surface area contributed by atoms with Crippen LogP contribution in [0.5, 0.6) is 0 Å². The maximum atomic E-state index is 6.23. The molecule has 158 valence electrons. The molecule has 2 aromatic heterocycles. The van der Waals surface area contributed by atoms with E-state index in [9.17, 15) is 0 Å². The van der Waals surface area contributed by atoms with E-state index in [1.165, 1.54) is 23.4 Å². The van der Waals surface area contributed by atoms with Crippen LogP contribution < -0.4 is 0 Å². The van der Waals surface area contributed by atoms with Gasteiger partial charge in [-0.2, -0.15) is 0 Å². The molecule has 1 aliphatic rings. The highest BCUT2D eigenvalue weighted by molar-refractivity contribution is 7.17. The Hall–Kier alpha value is -2.05. The van der Waals surface area contributed by atoms with Crippen LogP contribution in [-0.2, 0) is 24.3 Å². The molecule has 31 heavy (non-hydrogen) atoms. The largest absolute Gasteiger partial charge is 0.391 e. The van der Waals surface area contributed by atoms with Gasteiger partial charge >= 0.3 is 0 Å². The molecule has 0 bridgehead atoms. The van der Waals surface area contributed by atoms with Crippen molar-refractivity contribution in [2.45, 2.75) is 32.3 Å². The van der Waals surface area contributed by atoms with E-state index in [0.29, 0.717) is 15.1 Å². The van der Waals surface area contributed by atoms with Crippen LogP contribution in [-0.4, -0.2) is 15.6 Å². The third-order valence-corrected chi connectivity index (χ3v) is 7.34. The number of hydrogen-bond donors (Lipinski definition) is 0. The van der Waals surface area contributed by atoms with Gasteiger partial charge in [0.25, 0.3) is 0 Å². The third-order valence-electron chi connectivity index (χ3n) is 5.36. The van der Waals surface area contributed by atoms with Gasteiger partial charge in [0.1, 0.15) is 6.61 Å². The molecule has 4 nitrogen and oxygen atoms in total. The molecule has 0 atom stereocenters. The van der Waals surface area contributed by atoms with Gasteiger partial charge < -0.3 is 4.84 Å². The van der Waals surface area contributed by atoms with Gasteiger partial charge in [-0.25, -0.2) is 4.98 Å². The number of hydrogen-bond acceptors (Lipinski definition) is 4. The van der Waals surface area contributed by atoms with Gasteiger partial charge in [-0.15, -0.1) is 11.3 Å². The second-order valence-electron chi connectivity index (χ2n) is 7.39. The maximum Gasteiger partial charge on any atom is 0.195 e. The highest BCUT2D eigenvalue weighted by Gasteiger charge is 2.22. The molecule has 2 aromatic carbocycles. The van der Waals surface area contributed by atoms with E-state index in [4.69, 9.17) is 44.6 Å². The predicted octanol–water partition coefficient (Wildman–Crippen LogP) is 7.45. The van der Waals surface area contributed by atoms with E-state index in [-0.39, 0.29) is 6.61 Å². The molecular formula is C23H18Cl3N3OS. The molecule has 1 aliphatic carbocycles. The molecule has 0 saturated heterocycles. The minimum atomic E-state index is 0.256. The zero-order chi connectivity index (χ0) is 21.4. The average molecular weight is 491 g/mol. The fraction of sp³-hybridized carbons (Fsp3) is 0.217. The summed E-state index contributed by atoms with van der Waals surface area (Å²) >= 11 is 20.0. The van der Waals surface area contributed by atoms with Crippen molar-refractivity contribution in [1.29, 1.82) is 0 Å². The molecule has 0 radical (unpaired) electrons. The SMILES string of the molecule is Clc1ccc(-c2nc3sc4c(n3c2/C=N\OCc2ccc(Cl)cc2Cl)CCCC4)cc1. The van der Waals surface area contributed by atoms with Crippen LogP contribution >= 0.6 is 46.1 Å². The summed E-state index contributed by atoms with van der Waals surface area (Å²) in [5.74, 6) is 0. The van der Waals surface area contributed by atoms with Crippen molar-refractivity contribution < 1.29 is 4.84 Å². The average Bonchev–Trinajstić information content (AvgIpc) is 3.29. The molecule has 0 spiro atoms. The van der Waals surface area contributed by atoms with Crippen molar-refractivity contribution in [1.82, 2.24) is 9.38 Å². The van der Waals surface area contributed by atoms with Crippen molar-refractivity contribution in [2.24, 2.45) is 5.16 Å². The number of fused-ring (bicyclic) bond motifs is 3. The summed E-state index contributed by atoms with van der Waals surface area (Å²) in [5.41, 5.74) is 4.94. The van der Waals surface area contributed by atoms with Crippen molar-refractivity contribution in [3.05, 3.63) is 79.4 Å². The molecule has 0 unspecified atom stereocenters. The van der Waals surface area contributed by atoms with Crippen LogP contribution in [0.1, 0.15) is 34.7 Å². The van der Waals surface area contributed by atoms with Crippen LogP contribution in [0, 0.1) is 0 Å². The number of benzene rings is 2. The monoisotopic (exact) mass is 489 g/mol. The number of aromatic nitrogens is 2. The topological polar surface area (TPSA) is 38.9 Å². The Labute approximate surface area is 199 Å². The molecule has 8 heteroatoms. The lowest BCUT2D eigenvalue weighted by atomic mass is 10.0. The summed E-state index contributed by atoms with van der Waals surface area (Å²) in [6.07, 6.45) is 6.33. The van der Waals surface area contributed by atoms with E-state index in [0.717, 1.165) is 40.3 Å². The fourth-order valence-electron chi connectivity index (χ4n) is 3.83. The third kappa shape index (κ3) is 4.20. The highest BCUT2D eigenvalue weighted by atomic mass is 35.5. The molecule has 0 saturated carbocycles. The lowest BCUT2D eigenvalue weighted by molar-refractivity contribution is 0.132. The predicted molar refractivity (Wildman–Crippen MR) is 129 cm³/mol. The van der Waals surface area contributed by atoms with Crippen LogP contribution in [0.25, 0.3) is 16.2 Å². The molecule has 2 heterocycles. The molecule has 5 rings (SSSR count).